The van der Waals surface area contributed by atoms with Gasteiger partial charge in [0.15, 0.2) is 0 Å². The maximum absolute atomic E-state index is 11.2. The molecule has 0 radical (unpaired) electrons. The minimum Gasteiger partial charge on any atom is -0.477 e. The second kappa shape index (κ2) is 5.59. The number of fused-ring (bicyclic) bond motifs is 1. The lowest BCUT2D eigenvalue weighted by Gasteiger charge is -1.97. The van der Waals surface area contributed by atoms with E-state index in [1.54, 1.807) is 12.1 Å². The first kappa shape index (κ1) is 14.8. The van der Waals surface area contributed by atoms with Gasteiger partial charge in [0.2, 0.25) is 0 Å². The summed E-state index contributed by atoms with van der Waals surface area (Å²) in [6.45, 7) is 0. The van der Waals surface area contributed by atoms with E-state index in [0.29, 0.717) is 17.3 Å². The Labute approximate surface area is 107 Å². The number of nitrogens with one attached hydrogen (secondary N) is 1. The summed E-state index contributed by atoms with van der Waals surface area (Å²) >= 11 is 0. The van der Waals surface area contributed by atoms with Crippen molar-refractivity contribution in [1.29, 1.82) is 0 Å². The zero-order valence-corrected chi connectivity index (χ0v) is 10.5. The number of H-pyrrole nitrogens is 1. The Morgan fingerprint density at radius 3 is 2.53 bits per heavy atom. The first-order chi connectivity index (χ1) is 8.68. The second-order valence-corrected chi connectivity index (χ2v) is 4.96. The predicted octanol–water partition coefficient (Wildman–Crippen LogP) is 0.125. The number of hydrogen-bond donors (Lipinski definition) is 3. The molecule has 0 bridgehead atoms. The normalized spacial score (nSPS) is 10.6. The number of carboxylic acid groups (broad SMARTS) is 1. The molecule has 2 rings (SSSR count). The molecule has 2 aromatic rings. The predicted molar refractivity (Wildman–Crippen MR) is 66.8 cm³/mol. The molecule has 2 heterocycles. The number of pyridine rings is 2. The molecule has 0 aromatic carbocycles. The van der Waals surface area contributed by atoms with Gasteiger partial charge in [-0.2, -0.15) is 8.42 Å². The summed E-state index contributed by atoms with van der Waals surface area (Å²) in [7, 11) is -3.67. The van der Waals surface area contributed by atoms with E-state index in [4.69, 9.17) is 9.66 Å². The van der Waals surface area contributed by atoms with Crippen molar-refractivity contribution >= 4 is 27.1 Å². The van der Waals surface area contributed by atoms with Crippen molar-refractivity contribution in [1.82, 2.24) is 9.97 Å². The van der Waals surface area contributed by atoms with Gasteiger partial charge in [-0.15, -0.1) is 0 Å². The second-order valence-electron chi connectivity index (χ2n) is 3.49. The summed E-state index contributed by atoms with van der Waals surface area (Å²) in [4.78, 5) is 28.1. The Hall–Kier alpha value is -2.26. The van der Waals surface area contributed by atoms with Crippen LogP contribution < -0.4 is 5.56 Å². The van der Waals surface area contributed by atoms with E-state index in [1.807, 2.05) is 0 Å². The van der Waals surface area contributed by atoms with E-state index in [0.717, 1.165) is 0 Å². The highest BCUT2D eigenvalue weighted by Gasteiger charge is 2.09. The van der Waals surface area contributed by atoms with Gasteiger partial charge in [0.1, 0.15) is 11.2 Å². The quantitative estimate of drug-likeness (QED) is 0.633. The van der Waals surface area contributed by atoms with Crippen LogP contribution in [0, 0.1) is 0 Å². The fourth-order valence-electron chi connectivity index (χ4n) is 1.19. The Morgan fingerprint density at radius 2 is 2.00 bits per heavy atom. The number of rotatable bonds is 1. The molecule has 0 spiro atoms. The molecule has 102 valence electrons. The van der Waals surface area contributed by atoms with Gasteiger partial charge in [0, 0.05) is 11.6 Å². The van der Waals surface area contributed by atoms with Crippen LogP contribution in [0.1, 0.15) is 10.4 Å². The van der Waals surface area contributed by atoms with Gasteiger partial charge in [0.05, 0.1) is 6.26 Å². The molecule has 0 saturated heterocycles. The average molecular weight is 286 g/mol. The van der Waals surface area contributed by atoms with E-state index >= 15 is 0 Å². The van der Waals surface area contributed by atoms with Crippen LogP contribution in [-0.4, -0.2) is 40.3 Å². The molecule has 0 amide bonds. The highest BCUT2D eigenvalue weighted by atomic mass is 32.2. The number of nitrogens with zero attached hydrogens (tertiary/aromatic N) is 1. The van der Waals surface area contributed by atoms with Crippen LogP contribution in [0.25, 0.3) is 11.0 Å². The maximum Gasteiger partial charge on any atom is 0.341 e. The topological polar surface area (TPSA) is 137 Å². The molecule has 19 heavy (non-hydrogen) atoms. The number of aromatic amines is 1. The monoisotopic (exact) mass is 286 g/mol. The molecule has 2 aromatic heterocycles. The summed E-state index contributed by atoms with van der Waals surface area (Å²) < 4.78 is 25.9. The average Bonchev–Trinajstić information content (AvgIpc) is 2.25. The van der Waals surface area contributed by atoms with Crippen LogP contribution in [0.15, 0.2) is 29.2 Å². The molecule has 0 fully saturated rings. The van der Waals surface area contributed by atoms with Gasteiger partial charge < -0.3 is 10.1 Å². The Kier molecular flexibility index (Phi) is 4.35. The van der Waals surface area contributed by atoms with E-state index in [1.165, 1.54) is 12.3 Å². The highest BCUT2D eigenvalue weighted by Crippen LogP contribution is 2.06. The third-order valence-corrected chi connectivity index (χ3v) is 1.85. The van der Waals surface area contributed by atoms with Gasteiger partial charge in [0.25, 0.3) is 15.7 Å². The van der Waals surface area contributed by atoms with Crippen molar-refractivity contribution < 1.29 is 22.9 Å². The van der Waals surface area contributed by atoms with Crippen LogP contribution >= 0.6 is 0 Å². The number of aromatic nitrogens is 2. The molecule has 0 unspecified atom stereocenters. The summed E-state index contributed by atoms with van der Waals surface area (Å²) in [5, 5.41) is 9.29. The molecule has 0 atom stereocenters. The first-order valence-corrected chi connectivity index (χ1v) is 6.67. The highest BCUT2D eigenvalue weighted by molar-refractivity contribution is 7.85. The van der Waals surface area contributed by atoms with Gasteiger partial charge in [-0.3, -0.25) is 9.35 Å². The smallest absolute Gasteiger partial charge is 0.341 e. The van der Waals surface area contributed by atoms with Gasteiger partial charge in [-0.1, -0.05) is 0 Å². The number of hydrogen-bond acceptors (Lipinski definition) is 5. The number of carboxylic acids is 1. The zero-order valence-electron chi connectivity index (χ0n) is 9.69. The molecule has 0 saturated carbocycles. The van der Waals surface area contributed by atoms with E-state index in [2.05, 4.69) is 9.97 Å². The molecule has 9 heteroatoms. The van der Waals surface area contributed by atoms with E-state index < -0.39 is 21.6 Å². The van der Waals surface area contributed by atoms with Gasteiger partial charge in [-0.05, 0) is 18.2 Å². The lowest BCUT2D eigenvalue weighted by atomic mass is 10.2. The van der Waals surface area contributed by atoms with Crippen molar-refractivity contribution in [2.45, 2.75) is 0 Å². The Morgan fingerprint density at radius 1 is 1.42 bits per heavy atom. The maximum atomic E-state index is 11.2. The van der Waals surface area contributed by atoms with Crippen molar-refractivity contribution in [3.05, 3.63) is 40.3 Å². The lowest BCUT2D eigenvalue weighted by Crippen LogP contribution is -2.17. The van der Waals surface area contributed by atoms with Gasteiger partial charge >= 0.3 is 5.97 Å². The zero-order chi connectivity index (χ0) is 14.6. The van der Waals surface area contributed by atoms with Crippen LogP contribution in [0.4, 0.5) is 0 Å². The van der Waals surface area contributed by atoms with E-state index in [-0.39, 0.29) is 5.56 Å². The lowest BCUT2D eigenvalue weighted by molar-refractivity contribution is 0.0695. The molecule has 0 aliphatic rings. The minimum absolute atomic E-state index is 0.273. The van der Waals surface area contributed by atoms with Crippen molar-refractivity contribution in [3.63, 3.8) is 0 Å². The molecule has 0 aliphatic heterocycles. The standard InChI is InChI=1S/C9H6N2O3.CH4O3S/c12-8-6(9(13)14)4-5-2-1-3-10-7(5)11-8;1-5(2,3)4/h1-4H,(H,13,14)(H,10,11,12);1H3,(H,2,3,4). The van der Waals surface area contributed by atoms with Crippen LogP contribution in [0.2, 0.25) is 0 Å². The first-order valence-electron chi connectivity index (χ1n) is 4.82. The molecule has 8 nitrogen and oxygen atoms in total. The summed E-state index contributed by atoms with van der Waals surface area (Å²) in [6, 6.07) is 4.67. The summed E-state index contributed by atoms with van der Waals surface area (Å²) in [5.74, 6) is -1.24. The summed E-state index contributed by atoms with van der Waals surface area (Å²) in [6.07, 6.45) is 2.24. The third kappa shape index (κ3) is 4.85. The molecule has 3 N–H and O–H groups in total. The SMILES string of the molecule is CS(=O)(=O)O.O=C(O)c1cc2cccnc2[nH]c1=O. The van der Waals surface area contributed by atoms with E-state index in [9.17, 15) is 18.0 Å². The van der Waals surface area contributed by atoms with Crippen molar-refractivity contribution in [2.75, 3.05) is 6.26 Å². The van der Waals surface area contributed by atoms with Crippen LogP contribution in [0.5, 0.6) is 0 Å². The minimum atomic E-state index is -3.67. The van der Waals surface area contributed by atoms with Crippen molar-refractivity contribution in [2.24, 2.45) is 0 Å². The summed E-state index contributed by atoms with van der Waals surface area (Å²) in [5.41, 5.74) is -0.517. The molecule has 0 aliphatic carbocycles. The number of carbonyl (C=O) groups is 1. The van der Waals surface area contributed by atoms with Crippen LogP contribution in [-0.2, 0) is 10.1 Å². The van der Waals surface area contributed by atoms with Crippen molar-refractivity contribution in [3.8, 4) is 0 Å². The van der Waals surface area contributed by atoms with Gasteiger partial charge in [-0.25, -0.2) is 9.78 Å². The number of aromatic carboxylic acids is 1. The fraction of sp³-hybridized carbons (Fsp3) is 0.100. The largest absolute Gasteiger partial charge is 0.477 e. The molecular weight excluding hydrogens is 276 g/mol. The third-order valence-electron chi connectivity index (χ3n) is 1.85. The Balaban J connectivity index is 0.000000312. The Bertz CT molecular complexity index is 757. The molecular formula is C10H10N2O6S. The van der Waals surface area contributed by atoms with Crippen LogP contribution in [0.3, 0.4) is 0 Å². The fourth-order valence-corrected chi connectivity index (χ4v) is 1.19.